The number of hydrogen-bond donors (Lipinski definition) is 0. The third kappa shape index (κ3) is 3.83. The highest BCUT2D eigenvalue weighted by molar-refractivity contribution is 5.75. The van der Waals surface area contributed by atoms with Gasteiger partial charge in [-0.25, -0.2) is 0 Å². The maximum absolute atomic E-state index is 10.8. The maximum Gasteiger partial charge on any atom is 0.229 e. The molecule has 1 heterocycles. The predicted molar refractivity (Wildman–Crippen MR) is 49.7 cm³/mol. The fourth-order valence-electron chi connectivity index (χ4n) is 1.75. The summed E-state index contributed by atoms with van der Waals surface area (Å²) in [7, 11) is 0. The molecular formula is C9H15NO4. The molecule has 0 aromatic heterocycles. The van der Waals surface area contributed by atoms with Crippen LogP contribution in [0.3, 0.4) is 0 Å². The molecule has 0 aromatic rings. The van der Waals surface area contributed by atoms with Crippen molar-refractivity contribution in [3.8, 4) is 0 Å². The first-order valence-electron chi connectivity index (χ1n) is 4.84. The summed E-state index contributed by atoms with van der Waals surface area (Å²) in [5.74, 6) is 0.0803. The fraction of sp³-hybridized carbons (Fsp3) is 0.889. The second-order valence-corrected chi connectivity index (χ2v) is 3.73. The van der Waals surface area contributed by atoms with Gasteiger partial charge < -0.3 is 4.74 Å². The molecule has 0 saturated carbocycles. The molecule has 0 N–H and O–H groups in total. The van der Waals surface area contributed by atoms with Crippen LogP contribution >= 0.6 is 0 Å². The van der Waals surface area contributed by atoms with Crippen molar-refractivity contribution in [3.05, 3.63) is 10.1 Å². The summed E-state index contributed by atoms with van der Waals surface area (Å²) < 4.78 is 5.45. The van der Waals surface area contributed by atoms with E-state index in [2.05, 4.69) is 0 Å². The molecule has 0 radical (unpaired) electrons. The van der Waals surface area contributed by atoms with Gasteiger partial charge in [-0.05, 0) is 26.2 Å². The van der Waals surface area contributed by atoms with Gasteiger partial charge in [0.1, 0.15) is 11.9 Å². The van der Waals surface area contributed by atoms with Crippen LogP contribution in [0.4, 0.5) is 0 Å². The van der Waals surface area contributed by atoms with Crippen LogP contribution in [0.2, 0.25) is 0 Å². The van der Waals surface area contributed by atoms with Gasteiger partial charge >= 0.3 is 0 Å². The summed E-state index contributed by atoms with van der Waals surface area (Å²) in [6, 6.07) is 0. The number of nitrogens with zero attached hydrogens (tertiary/aromatic N) is 1. The third-order valence-electron chi connectivity index (χ3n) is 2.30. The second kappa shape index (κ2) is 5.05. The molecular weight excluding hydrogens is 186 g/mol. The van der Waals surface area contributed by atoms with Gasteiger partial charge in [0.25, 0.3) is 0 Å². The van der Waals surface area contributed by atoms with E-state index in [1.54, 1.807) is 0 Å². The van der Waals surface area contributed by atoms with Crippen LogP contribution in [0.25, 0.3) is 0 Å². The summed E-state index contributed by atoms with van der Waals surface area (Å²) >= 11 is 0. The molecule has 0 aromatic carbocycles. The Morgan fingerprint density at radius 2 is 2.14 bits per heavy atom. The van der Waals surface area contributed by atoms with E-state index in [4.69, 9.17) is 4.74 Å². The Balaban J connectivity index is 2.35. The minimum absolute atomic E-state index is 0.0803. The maximum atomic E-state index is 10.8. The fourth-order valence-corrected chi connectivity index (χ4v) is 1.75. The van der Waals surface area contributed by atoms with Crippen molar-refractivity contribution in [2.24, 2.45) is 0 Å². The van der Waals surface area contributed by atoms with E-state index in [1.807, 2.05) is 0 Å². The zero-order valence-corrected chi connectivity index (χ0v) is 8.27. The lowest BCUT2D eigenvalue weighted by molar-refractivity contribution is -0.493. The minimum atomic E-state index is -0.360. The van der Waals surface area contributed by atoms with Crippen LogP contribution in [0, 0.1) is 10.1 Å². The molecule has 0 amide bonds. The van der Waals surface area contributed by atoms with E-state index in [0.717, 1.165) is 19.3 Å². The molecule has 0 bridgehead atoms. The van der Waals surface area contributed by atoms with Crippen molar-refractivity contribution < 1.29 is 14.5 Å². The Morgan fingerprint density at radius 3 is 2.71 bits per heavy atom. The highest BCUT2D eigenvalue weighted by Crippen LogP contribution is 2.21. The number of rotatable bonds is 4. The lowest BCUT2D eigenvalue weighted by atomic mass is 10.0. The Labute approximate surface area is 82.6 Å². The van der Waals surface area contributed by atoms with Gasteiger partial charge in [-0.15, -0.1) is 0 Å². The Hall–Kier alpha value is -0.970. The Bertz CT molecular complexity index is 207. The van der Waals surface area contributed by atoms with E-state index in [-0.39, 0.29) is 29.5 Å². The quantitative estimate of drug-likeness (QED) is 0.506. The molecule has 1 rings (SSSR count). The molecule has 5 heteroatoms. The molecule has 0 spiro atoms. The number of Topliss-reactive ketones (excluding diaryl/α,β-unsaturated/α-hetero) is 1. The number of ketones is 1. The van der Waals surface area contributed by atoms with E-state index in [1.165, 1.54) is 6.92 Å². The van der Waals surface area contributed by atoms with Gasteiger partial charge in [0.2, 0.25) is 6.54 Å². The molecule has 1 aliphatic rings. The highest BCUT2D eigenvalue weighted by atomic mass is 16.6. The van der Waals surface area contributed by atoms with E-state index in [0.29, 0.717) is 6.42 Å². The molecule has 0 aliphatic carbocycles. The summed E-state index contributed by atoms with van der Waals surface area (Å²) in [4.78, 5) is 20.7. The van der Waals surface area contributed by atoms with Crippen LogP contribution in [0.15, 0.2) is 0 Å². The normalized spacial score (nSPS) is 27.2. The SMILES string of the molecule is CC(=O)C[C@@H]1CCC[C@H](C[N+](=O)[O-])O1. The van der Waals surface area contributed by atoms with E-state index < -0.39 is 0 Å². The third-order valence-corrected chi connectivity index (χ3v) is 2.30. The van der Waals surface area contributed by atoms with Crippen LogP contribution in [0.1, 0.15) is 32.6 Å². The molecule has 80 valence electrons. The predicted octanol–water partition coefficient (Wildman–Crippen LogP) is 1.18. The molecule has 1 aliphatic heterocycles. The minimum Gasteiger partial charge on any atom is -0.368 e. The monoisotopic (exact) mass is 201 g/mol. The molecule has 0 unspecified atom stereocenters. The van der Waals surface area contributed by atoms with Crippen LogP contribution in [0.5, 0.6) is 0 Å². The molecule has 1 saturated heterocycles. The van der Waals surface area contributed by atoms with Crippen molar-refractivity contribution in [2.45, 2.75) is 44.8 Å². The van der Waals surface area contributed by atoms with Crippen molar-refractivity contribution in [1.82, 2.24) is 0 Å². The van der Waals surface area contributed by atoms with Gasteiger partial charge in [-0.3, -0.25) is 14.9 Å². The number of hydrogen-bond acceptors (Lipinski definition) is 4. The summed E-state index contributed by atoms with van der Waals surface area (Å²) in [5.41, 5.74) is 0. The van der Waals surface area contributed by atoms with Gasteiger partial charge in [0, 0.05) is 11.3 Å². The molecule has 5 nitrogen and oxygen atoms in total. The van der Waals surface area contributed by atoms with Crippen molar-refractivity contribution in [3.63, 3.8) is 0 Å². The highest BCUT2D eigenvalue weighted by Gasteiger charge is 2.26. The first-order valence-corrected chi connectivity index (χ1v) is 4.84. The lowest BCUT2D eigenvalue weighted by Gasteiger charge is -2.27. The first kappa shape index (κ1) is 11.1. The smallest absolute Gasteiger partial charge is 0.229 e. The Morgan fingerprint density at radius 1 is 1.50 bits per heavy atom. The van der Waals surface area contributed by atoms with Crippen molar-refractivity contribution >= 4 is 5.78 Å². The van der Waals surface area contributed by atoms with Crippen molar-refractivity contribution in [1.29, 1.82) is 0 Å². The van der Waals surface area contributed by atoms with Crippen LogP contribution in [-0.2, 0) is 9.53 Å². The number of carbonyl (C=O) groups is 1. The van der Waals surface area contributed by atoms with Crippen LogP contribution in [-0.4, -0.2) is 29.5 Å². The molecule has 1 fully saturated rings. The standard InChI is InChI=1S/C9H15NO4/c1-7(11)5-8-3-2-4-9(14-8)6-10(12)13/h8-9H,2-6H2,1H3/t8-,9+/m0/s1. The zero-order chi connectivity index (χ0) is 10.6. The second-order valence-electron chi connectivity index (χ2n) is 3.73. The van der Waals surface area contributed by atoms with Gasteiger partial charge in [-0.1, -0.05) is 0 Å². The lowest BCUT2D eigenvalue weighted by Crippen LogP contribution is -2.33. The number of ether oxygens (including phenoxy) is 1. The van der Waals surface area contributed by atoms with E-state index >= 15 is 0 Å². The van der Waals surface area contributed by atoms with E-state index in [9.17, 15) is 14.9 Å². The average molecular weight is 201 g/mol. The average Bonchev–Trinajstić information content (AvgIpc) is 2.01. The molecule has 14 heavy (non-hydrogen) atoms. The summed E-state index contributed by atoms with van der Waals surface area (Å²) in [5, 5.41) is 10.3. The first-order chi connectivity index (χ1) is 6.58. The zero-order valence-electron chi connectivity index (χ0n) is 8.27. The number of carbonyl (C=O) groups excluding carboxylic acids is 1. The van der Waals surface area contributed by atoms with Crippen LogP contribution < -0.4 is 0 Å². The van der Waals surface area contributed by atoms with Gasteiger partial charge in [0.15, 0.2) is 0 Å². The topological polar surface area (TPSA) is 69.4 Å². The summed E-state index contributed by atoms with van der Waals surface area (Å²) in [6.45, 7) is 1.37. The number of nitro groups is 1. The summed E-state index contributed by atoms with van der Waals surface area (Å²) in [6.07, 6.45) is 2.46. The van der Waals surface area contributed by atoms with Gasteiger partial charge in [-0.2, -0.15) is 0 Å². The molecule has 2 atom stereocenters. The van der Waals surface area contributed by atoms with Crippen molar-refractivity contribution in [2.75, 3.05) is 6.54 Å². The largest absolute Gasteiger partial charge is 0.368 e. The van der Waals surface area contributed by atoms with Gasteiger partial charge in [0.05, 0.1) is 6.10 Å². The Kier molecular flexibility index (Phi) is 4.00.